The van der Waals surface area contributed by atoms with E-state index in [2.05, 4.69) is 13.8 Å². The molecule has 0 N–H and O–H groups in total. The molecule has 0 atom stereocenters. The van der Waals surface area contributed by atoms with Crippen LogP contribution in [-0.4, -0.2) is 29.3 Å². The summed E-state index contributed by atoms with van der Waals surface area (Å²) in [6.45, 7) is 8.24. The Morgan fingerprint density at radius 2 is 1.71 bits per heavy atom. The van der Waals surface area contributed by atoms with Gasteiger partial charge in [0, 0.05) is 0 Å². The Bertz CT molecular complexity index is 22.0. The minimum Gasteiger partial charge on any atom is -0.346 e. The van der Waals surface area contributed by atoms with E-state index < -0.39 is 0 Å². The molecule has 0 spiro atoms. The van der Waals surface area contributed by atoms with E-state index >= 15 is 0 Å². The van der Waals surface area contributed by atoms with Crippen molar-refractivity contribution in [2.75, 3.05) is 0 Å². The molecular weight excluding hydrogens is 100 g/mol. The Kier molecular flexibility index (Phi) is 71.7. The Morgan fingerprint density at radius 3 is 1.71 bits per heavy atom. The Labute approximate surface area is 61.6 Å². The van der Waals surface area contributed by atoms with E-state index in [0.29, 0.717) is 6.42 Å². The molecule has 2 heteroatoms. The number of carbonyl (C=O) groups excluding carboxylic acids is 1. The van der Waals surface area contributed by atoms with Gasteiger partial charge in [-0.05, 0) is 0 Å². The molecule has 0 bridgehead atoms. The number of aldehydes is 1. The van der Waals surface area contributed by atoms with Gasteiger partial charge in [0.25, 0.3) is 0 Å². The fourth-order valence-corrected chi connectivity index (χ4v) is 0. The molecule has 0 unspecified atom stereocenters. The second kappa shape index (κ2) is 32.0. The van der Waals surface area contributed by atoms with Gasteiger partial charge in [-0.3, -0.25) is 0 Å². The monoisotopic (exact) mass is 110 g/mol. The summed E-state index contributed by atoms with van der Waals surface area (Å²) in [4.78, 5) is 9.11. The van der Waals surface area contributed by atoms with Crippen molar-refractivity contribution >= 4 is 29.3 Å². The Morgan fingerprint density at radius 1 is 1.57 bits per heavy atom. The average molecular weight is 110 g/mol. The molecule has 1 nitrogen and oxygen atoms in total. The zero-order valence-electron chi connectivity index (χ0n) is 4.81. The summed E-state index contributed by atoms with van der Waals surface area (Å²) in [5, 5.41) is 0. The van der Waals surface area contributed by atoms with E-state index in [9.17, 15) is 0 Å². The third-order valence-corrected chi connectivity index (χ3v) is 0.118. The summed E-state index contributed by atoms with van der Waals surface area (Å²) >= 11 is 0. The van der Waals surface area contributed by atoms with Crippen LogP contribution in [0.1, 0.15) is 13.3 Å². The molecule has 0 fully saturated rings. The van der Waals surface area contributed by atoms with Crippen molar-refractivity contribution in [3.63, 3.8) is 0 Å². The first-order chi connectivity index (χ1) is 2.91. The Hall–Kier alpha value is 0.436. The fraction of sp³-hybridized carbons (Fsp3) is 0.400. The molecule has 0 aromatic heterocycles. The van der Waals surface area contributed by atoms with Gasteiger partial charge in [-0.1, -0.05) is 0 Å². The molecule has 0 aliphatic heterocycles. The molecule has 0 aliphatic rings. The van der Waals surface area contributed by atoms with E-state index in [0.717, 1.165) is 6.29 Å². The summed E-state index contributed by atoms with van der Waals surface area (Å²) in [5.41, 5.74) is 0. The van der Waals surface area contributed by atoms with E-state index in [1.165, 1.54) is 0 Å². The summed E-state index contributed by atoms with van der Waals surface area (Å²) in [6.07, 6.45) is 1.15. The summed E-state index contributed by atoms with van der Waals surface area (Å²) < 4.78 is 0. The van der Waals surface area contributed by atoms with Crippen molar-refractivity contribution in [3.05, 3.63) is 13.8 Å². The number of hydrogen-bond donors (Lipinski definition) is 0. The minimum absolute atomic E-state index is 0. The van der Waals surface area contributed by atoms with Gasteiger partial charge in [0.15, 0.2) is 0 Å². The molecule has 0 radical (unpaired) electrons. The SMILES string of the molecule is [CH2-]C.[CH2-]CC=O.[Mg+2]. The van der Waals surface area contributed by atoms with E-state index in [1.54, 1.807) is 6.92 Å². The molecule has 0 heterocycles. The molecule has 0 saturated heterocycles. The van der Waals surface area contributed by atoms with Crippen LogP contribution < -0.4 is 0 Å². The average Bonchev–Trinajstić information content (AvgIpc) is 1.72. The zero-order chi connectivity index (χ0) is 5.41. The van der Waals surface area contributed by atoms with Crippen LogP contribution >= 0.6 is 0 Å². The van der Waals surface area contributed by atoms with Crippen LogP contribution in [0.25, 0.3) is 0 Å². The van der Waals surface area contributed by atoms with Crippen molar-refractivity contribution in [3.8, 4) is 0 Å². The van der Waals surface area contributed by atoms with E-state index in [-0.39, 0.29) is 23.1 Å². The molecule has 38 valence electrons. The fourth-order valence-electron chi connectivity index (χ4n) is 0. The summed E-state index contributed by atoms with van der Waals surface area (Å²) in [6, 6.07) is 0. The second-order valence-electron chi connectivity index (χ2n) is 0.455. The van der Waals surface area contributed by atoms with Crippen molar-refractivity contribution in [1.29, 1.82) is 0 Å². The van der Waals surface area contributed by atoms with Gasteiger partial charge in [0.05, 0.1) is 6.29 Å². The van der Waals surface area contributed by atoms with Crippen molar-refractivity contribution in [1.82, 2.24) is 0 Å². The van der Waals surface area contributed by atoms with E-state index in [4.69, 9.17) is 4.79 Å². The van der Waals surface area contributed by atoms with E-state index in [1.807, 2.05) is 0 Å². The van der Waals surface area contributed by atoms with Crippen molar-refractivity contribution in [2.45, 2.75) is 13.3 Å². The number of carbonyl (C=O) groups is 1. The molecule has 0 amide bonds. The number of rotatable bonds is 1. The van der Waals surface area contributed by atoms with Crippen LogP contribution in [0.2, 0.25) is 0 Å². The van der Waals surface area contributed by atoms with Gasteiger partial charge in [-0.2, -0.15) is 6.92 Å². The first-order valence-corrected chi connectivity index (χ1v) is 1.85. The van der Waals surface area contributed by atoms with Crippen LogP contribution in [0.15, 0.2) is 0 Å². The van der Waals surface area contributed by atoms with Crippen LogP contribution in [-0.2, 0) is 4.79 Å². The van der Waals surface area contributed by atoms with Gasteiger partial charge < -0.3 is 18.6 Å². The predicted molar refractivity (Wildman–Crippen MR) is 32.8 cm³/mol. The topological polar surface area (TPSA) is 17.1 Å². The smallest absolute Gasteiger partial charge is 0.346 e. The van der Waals surface area contributed by atoms with Gasteiger partial charge in [-0.25, -0.2) is 0 Å². The van der Waals surface area contributed by atoms with Gasteiger partial charge in [-0.15, -0.1) is 6.42 Å². The summed E-state index contributed by atoms with van der Waals surface area (Å²) in [7, 11) is 0. The third kappa shape index (κ3) is 61.4. The maximum absolute atomic E-state index is 9.11. The van der Waals surface area contributed by atoms with Gasteiger partial charge in [0.1, 0.15) is 0 Å². The maximum atomic E-state index is 9.11. The van der Waals surface area contributed by atoms with Crippen LogP contribution in [0.3, 0.4) is 0 Å². The first-order valence-electron chi connectivity index (χ1n) is 1.85. The quantitative estimate of drug-likeness (QED) is 0.278. The molecule has 0 aromatic rings. The molecule has 0 aromatic carbocycles. The van der Waals surface area contributed by atoms with Crippen LogP contribution in [0.5, 0.6) is 0 Å². The zero-order valence-corrected chi connectivity index (χ0v) is 6.23. The standard InChI is InChI=1S/C3H5O.C2H5.Mg/c1-2-3-4;1-2;/h3H,1-2H2;1H2,2H3;/q2*-1;+2. The molecule has 0 aliphatic carbocycles. The Balaban J connectivity index is -0.0000000480. The molecule has 0 saturated carbocycles. The largest absolute Gasteiger partial charge is 2.00 e. The molecule has 7 heavy (non-hydrogen) atoms. The maximum Gasteiger partial charge on any atom is 2.00 e. The van der Waals surface area contributed by atoms with Gasteiger partial charge >= 0.3 is 23.1 Å². The predicted octanol–water partition coefficient (Wildman–Crippen LogP) is 0.869. The van der Waals surface area contributed by atoms with Crippen LogP contribution in [0, 0.1) is 13.8 Å². The second-order valence-corrected chi connectivity index (χ2v) is 0.455. The minimum atomic E-state index is 0. The molecular formula is C5H10MgO. The van der Waals surface area contributed by atoms with Crippen molar-refractivity contribution < 1.29 is 4.79 Å². The summed E-state index contributed by atoms with van der Waals surface area (Å²) in [5.74, 6) is 0. The normalized spacial score (nSPS) is 4.43. The van der Waals surface area contributed by atoms with Crippen molar-refractivity contribution in [2.24, 2.45) is 0 Å². The third-order valence-electron chi connectivity index (χ3n) is 0.118. The number of hydrogen-bond acceptors (Lipinski definition) is 1. The molecule has 0 rings (SSSR count). The van der Waals surface area contributed by atoms with Gasteiger partial charge in [0.2, 0.25) is 0 Å². The van der Waals surface area contributed by atoms with Crippen LogP contribution in [0.4, 0.5) is 0 Å². The first kappa shape index (κ1) is 15.7.